The van der Waals surface area contributed by atoms with Gasteiger partial charge >= 0.3 is 12.0 Å². The zero-order chi connectivity index (χ0) is 15.3. The summed E-state index contributed by atoms with van der Waals surface area (Å²) in [7, 11) is 1.37. The molecule has 0 saturated heterocycles. The van der Waals surface area contributed by atoms with E-state index in [0.717, 1.165) is 5.56 Å². The zero-order valence-electron chi connectivity index (χ0n) is 11.5. The van der Waals surface area contributed by atoms with Gasteiger partial charge in [0.15, 0.2) is 6.10 Å². The van der Waals surface area contributed by atoms with E-state index in [1.165, 1.54) is 20.0 Å². The number of nitrogens with one attached hydrogen (secondary N) is 2. The highest BCUT2D eigenvalue weighted by atomic mass is 16.5. The van der Waals surface area contributed by atoms with E-state index in [2.05, 4.69) is 5.32 Å². The number of imide groups is 1. The second kappa shape index (κ2) is 6.55. The summed E-state index contributed by atoms with van der Waals surface area (Å²) in [5.41, 5.74) is 7.00. The van der Waals surface area contributed by atoms with Crippen molar-refractivity contribution in [1.29, 1.82) is 0 Å². The number of carbonyl (C=O) groups is 3. The van der Waals surface area contributed by atoms with Crippen LogP contribution in [0.5, 0.6) is 0 Å². The second-order valence-electron chi connectivity index (χ2n) is 4.15. The number of benzene rings is 1. The Morgan fingerprint density at radius 2 is 1.95 bits per heavy atom. The molecule has 0 radical (unpaired) electrons. The van der Waals surface area contributed by atoms with Crippen LogP contribution in [0, 0.1) is 6.92 Å². The predicted octanol–water partition coefficient (Wildman–Crippen LogP) is 0.578. The van der Waals surface area contributed by atoms with E-state index < -0.39 is 24.0 Å². The second-order valence-corrected chi connectivity index (χ2v) is 4.15. The molecule has 1 unspecified atom stereocenters. The van der Waals surface area contributed by atoms with E-state index >= 15 is 0 Å². The first-order chi connectivity index (χ1) is 9.36. The van der Waals surface area contributed by atoms with Crippen LogP contribution in [0.1, 0.15) is 22.8 Å². The molecule has 0 saturated carbocycles. The summed E-state index contributed by atoms with van der Waals surface area (Å²) in [6.45, 7) is 3.12. The number of aryl methyl sites for hydroxylation is 1. The van der Waals surface area contributed by atoms with Crippen LogP contribution in [-0.4, -0.2) is 31.1 Å². The van der Waals surface area contributed by atoms with Crippen LogP contribution in [0.25, 0.3) is 0 Å². The third kappa shape index (κ3) is 3.71. The molecule has 0 heterocycles. The van der Waals surface area contributed by atoms with Crippen molar-refractivity contribution in [3.8, 4) is 0 Å². The summed E-state index contributed by atoms with van der Waals surface area (Å²) in [5, 5.41) is 4.24. The van der Waals surface area contributed by atoms with E-state index in [0.29, 0.717) is 5.69 Å². The number of rotatable bonds is 3. The quantitative estimate of drug-likeness (QED) is 0.553. The summed E-state index contributed by atoms with van der Waals surface area (Å²) >= 11 is 0. The van der Waals surface area contributed by atoms with Gasteiger partial charge in [0.2, 0.25) is 0 Å². The highest BCUT2D eigenvalue weighted by Gasteiger charge is 2.21. The average molecular weight is 279 g/mol. The van der Waals surface area contributed by atoms with Crippen molar-refractivity contribution in [3.05, 3.63) is 29.3 Å². The van der Waals surface area contributed by atoms with Gasteiger partial charge in [0.1, 0.15) is 0 Å². The number of carbonyl (C=O) groups excluding carboxylic acids is 3. The molecule has 0 aliphatic heterocycles. The fourth-order valence-corrected chi connectivity index (χ4v) is 1.41. The first-order valence-electron chi connectivity index (χ1n) is 5.95. The molecule has 7 heteroatoms. The molecule has 20 heavy (non-hydrogen) atoms. The summed E-state index contributed by atoms with van der Waals surface area (Å²) < 4.78 is 4.97. The molecule has 0 bridgehead atoms. The topological polar surface area (TPSA) is 111 Å². The van der Waals surface area contributed by atoms with E-state index in [4.69, 9.17) is 10.5 Å². The number of nitrogens with two attached hydrogens (primary N) is 1. The first kappa shape index (κ1) is 15.5. The average Bonchev–Trinajstić information content (AvgIpc) is 2.41. The minimum atomic E-state index is -1.11. The number of nitrogen functional groups attached to an aromatic ring is 1. The Bertz CT molecular complexity index is 542. The minimum absolute atomic E-state index is 0.185. The van der Waals surface area contributed by atoms with Gasteiger partial charge in [-0.1, -0.05) is 12.1 Å². The number of amides is 3. The molecule has 0 aromatic heterocycles. The number of esters is 1. The third-order valence-corrected chi connectivity index (χ3v) is 2.66. The smallest absolute Gasteiger partial charge is 0.341 e. The molecule has 7 nitrogen and oxygen atoms in total. The van der Waals surface area contributed by atoms with Gasteiger partial charge in [-0.05, 0) is 25.5 Å². The van der Waals surface area contributed by atoms with Gasteiger partial charge in [0.25, 0.3) is 5.91 Å². The molecule has 1 aromatic carbocycles. The molecule has 0 aliphatic carbocycles. The molecule has 1 aromatic rings. The van der Waals surface area contributed by atoms with Crippen LogP contribution in [0.2, 0.25) is 0 Å². The van der Waals surface area contributed by atoms with E-state index in [1.54, 1.807) is 19.1 Å². The number of para-hydroxylation sites is 1. The Hall–Kier alpha value is -2.57. The summed E-state index contributed by atoms with van der Waals surface area (Å²) in [6.07, 6.45) is -1.11. The van der Waals surface area contributed by atoms with Crippen molar-refractivity contribution in [2.24, 2.45) is 0 Å². The molecular formula is C13H17N3O4. The molecule has 108 valence electrons. The molecule has 0 aliphatic rings. The number of anilines is 1. The van der Waals surface area contributed by atoms with Crippen LogP contribution in [0.15, 0.2) is 18.2 Å². The maximum atomic E-state index is 11.9. The molecule has 3 amide bonds. The van der Waals surface area contributed by atoms with Gasteiger partial charge in [0, 0.05) is 12.7 Å². The molecular weight excluding hydrogens is 262 g/mol. The van der Waals surface area contributed by atoms with Crippen molar-refractivity contribution < 1.29 is 19.1 Å². The van der Waals surface area contributed by atoms with Crippen LogP contribution >= 0.6 is 0 Å². The van der Waals surface area contributed by atoms with Crippen LogP contribution in [-0.2, 0) is 9.53 Å². The standard InChI is InChI=1S/C13H17N3O4/c1-7-5-4-6-9(10(7)14)12(18)20-8(2)11(17)16-13(19)15-3/h4-6,8H,14H2,1-3H3,(H2,15,16,17,19). The highest BCUT2D eigenvalue weighted by molar-refractivity contribution is 6.00. The summed E-state index contributed by atoms with van der Waals surface area (Å²) in [6, 6.07) is 4.26. The minimum Gasteiger partial charge on any atom is -0.449 e. The highest BCUT2D eigenvalue weighted by Crippen LogP contribution is 2.17. The Balaban J connectivity index is 2.73. The molecule has 1 rings (SSSR count). The Morgan fingerprint density at radius 1 is 1.30 bits per heavy atom. The third-order valence-electron chi connectivity index (χ3n) is 2.66. The number of hydrogen-bond donors (Lipinski definition) is 3. The van der Waals surface area contributed by atoms with Gasteiger partial charge in [-0.15, -0.1) is 0 Å². The molecule has 4 N–H and O–H groups in total. The van der Waals surface area contributed by atoms with Crippen LogP contribution < -0.4 is 16.4 Å². The fourth-order valence-electron chi connectivity index (χ4n) is 1.41. The monoisotopic (exact) mass is 279 g/mol. The van der Waals surface area contributed by atoms with Crippen molar-refractivity contribution in [2.45, 2.75) is 20.0 Å². The summed E-state index contributed by atoms with van der Waals surface area (Å²) in [5.74, 6) is -1.44. The number of urea groups is 1. The van der Waals surface area contributed by atoms with Crippen molar-refractivity contribution in [2.75, 3.05) is 12.8 Å². The molecule has 0 spiro atoms. The lowest BCUT2D eigenvalue weighted by Crippen LogP contribution is -2.43. The normalized spacial score (nSPS) is 11.3. The Morgan fingerprint density at radius 3 is 2.55 bits per heavy atom. The maximum absolute atomic E-state index is 11.9. The van der Waals surface area contributed by atoms with Crippen LogP contribution in [0.3, 0.4) is 0 Å². The fraction of sp³-hybridized carbons (Fsp3) is 0.308. The van der Waals surface area contributed by atoms with Gasteiger partial charge < -0.3 is 15.8 Å². The Kier molecular flexibility index (Phi) is 5.08. The molecule has 0 fully saturated rings. The van der Waals surface area contributed by atoms with Gasteiger partial charge in [0.05, 0.1) is 5.56 Å². The van der Waals surface area contributed by atoms with E-state index in [9.17, 15) is 14.4 Å². The van der Waals surface area contributed by atoms with E-state index in [1.807, 2.05) is 5.32 Å². The lowest BCUT2D eigenvalue weighted by molar-refractivity contribution is -0.127. The largest absolute Gasteiger partial charge is 0.449 e. The first-order valence-corrected chi connectivity index (χ1v) is 5.95. The molecule has 1 atom stereocenters. The SMILES string of the molecule is CNC(=O)NC(=O)C(C)OC(=O)c1cccc(C)c1N. The predicted molar refractivity (Wildman–Crippen MR) is 73.1 cm³/mol. The van der Waals surface area contributed by atoms with E-state index in [-0.39, 0.29) is 5.56 Å². The zero-order valence-corrected chi connectivity index (χ0v) is 11.5. The number of ether oxygens (including phenoxy) is 1. The van der Waals surface area contributed by atoms with Gasteiger partial charge in [-0.25, -0.2) is 9.59 Å². The maximum Gasteiger partial charge on any atom is 0.341 e. The van der Waals surface area contributed by atoms with Gasteiger partial charge in [-0.3, -0.25) is 10.1 Å². The van der Waals surface area contributed by atoms with Crippen molar-refractivity contribution in [1.82, 2.24) is 10.6 Å². The Labute approximate surface area is 116 Å². The van der Waals surface area contributed by atoms with Crippen molar-refractivity contribution >= 4 is 23.6 Å². The lowest BCUT2D eigenvalue weighted by atomic mass is 10.1. The summed E-state index contributed by atoms with van der Waals surface area (Å²) in [4.78, 5) is 34.4. The van der Waals surface area contributed by atoms with Crippen molar-refractivity contribution in [3.63, 3.8) is 0 Å². The van der Waals surface area contributed by atoms with Gasteiger partial charge in [-0.2, -0.15) is 0 Å². The lowest BCUT2D eigenvalue weighted by Gasteiger charge is -2.14. The number of hydrogen-bond acceptors (Lipinski definition) is 5. The van der Waals surface area contributed by atoms with Crippen LogP contribution in [0.4, 0.5) is 10.5 Å².